The number of nitrogens with zero attached hydrogens (tertiary/aromatic N) is 1. The quantitative estimate of drug-likeness (QED) is 0.723. The Labute approximate surface area is 106 Å². The molecule has 2 rings (SSSR count). The number of hydrogen-bond donors (Lipinski definition) is 2. The standard InChI is InChI=1S/C12H20N2O4/c13-12(4-2-1-3-5-12)11(17)14-6-7-18-9(8-14)10(15)16/h9H,1-8,13H2,(H,15,16). The summed E-state index contributed by atoms with van der Waals surface area (Å²) in [6, 6.07) is 0. The normalized spacial score (nSPS) is 27.8. The predicted octanol–water partition coefficient (Wildman–Crippen LogP) is -0.0400. The van der Waals surface area contributed by atoms with E-state index in [1.165, 1.54) is 0 Å². The lowest BCUT2D eigenvalue weighted by Crippen LogP contribution is -2.60. The molecular formula is C12H20N2O4. The Morgan fingerprint density at radius 3 is 2.56 bits per heavy atom. The minimum atomic E-state index is -1.03. The number of nitrogens with two attached hydrogens (primary N) is 1. The molecule has 2 aliphatic rings. The number of ether oxygens (including phenoxy) is 1. The smallest absolute Gasteiger partial charge is 0.334 e. The van der Waals surface area contributed by atoms with E-state index in [1.807, 2.05) is 0 Å². The first-order valence-electron chi connectivity index (χ1n) is 6.46. The summed E-state index contributed by atoms with van der Waals surface area (Å²) >= 11 is 0. The Morgan fingerprint density at radius 1 is 1.28 bits per heavy atom. The maximum Gasteiger partial charge on any atom is 0.334 e. The van der Waals surface area contributed by atoms with Crippen LogP contribution in [0.3, 0.4) is 0 Å². The molecule has 1 amide bonds. The van der Waals surface area contributed by atoms with E-state index in [1.54, 1.807) is 4.90 Å². The lowest BCUT2D eigenvalue weighted by molar-refractivity contribution is -0.161. The minimum Gasteiger partial charge on any atom is -0.479 e. The molecular weight excluding hydrogens is 236 g/mol. The van der Waals surface area contributed by atoms with Gasteiger partial charge < -0.3 is 20.5 Å². The Balaban J connectivity index is 2.01. The van der Waals surface area contributed by atoms with Crippen molar-refractivity contribution in [3.8, 4) is 0 Å². The number of carbonyl (C=O) groups is 2. The van der Waals surface area contributed by atoms with Crippen molar-refractivity contribution in [1.29, 1.82) is 0 Å². The van der Waals surface area contributed by atoms with E-state index < -0.39 is 17.6 Å². The Hall–Kier alpha value is -1.14. The fourth-order valence-electron chi connectivity index (χ4n) is 2.69. The monoisotopic (exact) mass is 256 g/mol. The third-order valence-corrected chi connectivity index (χ3v) is 3.80. The van der Waals surface area contributed by atoms with Crippen molar-refractivity contribution in [2.75, 3.05) is 19.7 Å². The second-order valence-corrected chi connectivity index (χ2v) is 5.17. The first kappa shape index (κ1) is 13.3. The number of carbonyl (C=O) groups excluding carboxylic acids is 1. The molecule has 2 fully saturated rings. The summed E-state index contributed by atoms with van der Waals surface area (Å²) in [5.74, 6) is -1.14. The van der Waals surface area contributed by atoms with Gasteiger partial charge in [-0.15, -0.1) is 0 Å². The van der Waals surface area contributed by atoms with E-state index in [-0.39, 0.29) is 19.1 Å². The van der Waals surface area contributed by atoms with Crippen LogP contribution in [0.2, 0.25) is 0 Å². The molecule has 0 radical (unpaired) electrons. The van der Waals surface area contributed by atoms with Gasteiger partial charge in [-0.3, -0.25) is 4.79 Å². The van der Waals surface area contributed by atoms with E-state index in [2.05, 4.69) is 0 Å². The maximum atomic E-state index is 12.4. The third kappa shape index (κ3) is 2.64. The van der Waals surface area contributed by atoms with Gasteiger partial charge in [0, 0.05) is 6.54 Å². The molecule has 3 N–H and O–H groups in total. The number of hydrogen-bond acceptors (Lipinski definition) is 4. The van der Waals surface area contributed by atoms with E-state index in [4.69, 9.17) is 15.6 Å². The van der Waals surface area contributed by atoms with Gasteiger partial charge in [0.05, 0.1) is 18.7 Å². The zero-order chi connectivity index (χ0) is 13.2. The van der Waals surface area contributed by atoms with Crippen LogP contribution >= 0.6 is 0 Å². The number of amides is 1. The van der Waals surface area contributed by atoms with Crippen molar-refractivity contribution in [2.45, 2.75) is 43.7 Å². The molecule has 1 unspecified atom stereocenters. The lowest BCUT2D eigenvalue weighted by atomic mass is 9.81. The van der Waals surface area contributed by atoms with Crippen molar-refractivity contribution in [3.63, 3.8) is 0 Å². The van der Waals surface area contributed by atoms with Crippen molar-refractivity contribution < 1.29 is 19.4 Å². The Kier molecular flexibility index (Phi) is 3.87. The summed E-state index contributed by atoms with van der Waals surface area (Å²) in [4.78, 5) is 24.8. The van der Waals surface area contributed by atoms with Crippen LogP contribution in [0.5, 0.6) is 0 Å². The van der Waals surface area contributed by atoms with Crippen molar-refractivity contribution in [1.82, 2.24) is 4.90 Å². The van der Waals surface area contributed by atoms with Crippen LogP contribution in [0.1, 0.15) is 32.1 Å². The van der Waals surface area contributed by atoms with Gasteiger partial charge in [-0.2, -0.15) is 0 Å². The minimum absolute atomic E-state index is 0.104. The number of morpholine rings is 1. The average Bonchev–Trinajstić information content (AvgIpc) is 2.39. The molecule has 1 atom stereocenters. The summed E-state index contributed by atoms with van der Waals surface area (Å²) in [7, 11) is 0. The molecule has 1 saturated heterocycles. The topological polar surface area (TPSA) is 92.9 Å². The highest BCUT2D eigenvalue weighted by Crippen LogP contribution is 2.28. The zero-order valence-electron chi connectivity index (χ0n) is 10.4. The number of carboxylic acids is 1. The van der Waals surface area contributed by atoms with Crippen molar-refractivity contribution >= 4 is 11.9 Å². The molecule has 0 aromatic carbocycles. The highest BCUT2D eigenvalue weighted by atomic mass is 16.5. The summed E-state index contributed by atoms with van der Waals surface area (Å²) < 4.78 is 5.11. The molecule has 0 spiro atoms. The molecule has 0 aromatic heterocycles. The first-order valence-corrected chi connectivity index (χ1v) is 6.46. The van der Waals surface area contributed by atoms with Crippen molar-refractivity contribution in [3.05, 3.63) is 0 Å². The summed E-state index contributed by atoms with van der Waals surface area (Å²) in [5.41, 5.74) is 5.38. The van der Waals surface area contributed by atoms with Gasteiger partial charge >= 0.3 is 5.97 Å². The van der Waals surface area contributed by atoms with Crippen LogP contribution in [0.4, 0.5) is 0 Å². The predicted molar refractivity (Wildman–Crippen MR) is 64.0 cm³/mol. The molecule has 6 heteroatoms. The number of aliphatic carboxylic acids is 1. The highest BCUT2D eigenvalue weighted by molar-refractivity contribution is 5.87. The highest BCUT2D eigenvalue weighted by Gasteiger charge is 2.40. The summed E-state index contributed by atoms with van der Waals surface area (Å²) in [6.45, 7) is 0.799. The number of rotatable bonds is 2. The van der Waals surface area contributed by atoms with Gasteiger partial charge in [-0.1, -0.05) is 19.3 Å². The van der Waals surface area contributed by atoms with Gasteiger partial charge in [-0.25, -0.2) is 4.79 Å². The van der Waals surface area contributed by atoms with E-state index in [9.17, 15) is 9.59 Å². The molecule has 6 nitrogen and oxygen atoms in total. The van der Waals surface area contributed by atoms with Crippen LogP contribution < -0.4 is 5.73 Å². The van der Waals surface area contributed by atoms with Crippen LogP contribution in [0.25, 0.3) is 0 Å². The SMILES string of the molecule is NC1(C(=O)N2CCOC(C(=O)O)C2)CCCCC1. The second-order valence-electron chi connectivity index (χ2n) is 5.17. The van der Waals surface area contributed by atoms with Crippen LogP contribution in [-0.4, -0.2) is 53.2 Å². The average molecular weight is 256 g/mol. The molecule has 18 heavy (non-hydrogen) atoms. The summed E-state index contributed by atoms with van der Waals surface area (Å²) in [5, 5.41) is 8.92. The van der Waals surface area contributed by atoms with Crippen molar-refractivity contribution in [2.24, 2.45) is 5.73 Å². The van der Waals surface area contributed by atoms with E-state index in [0.29, 0.717) is 19.4 Å². The van der Waals surface area contributed by atoms with E-state index in [0.717, 1.165) is 19.3 Å². The van der Waals surface area contributed by atoms with Crippen LogP contribution in [-0.2, 0) is 14.3 Å². The van der Waals surface area contributed by atoms with Gasteiger partial charge in [0.2, 0.25) is 5.91 Å². The Bertz CT molecular complexity index is 339. The molecule has 0 aromatic rings. The molecule has 1 heterocycles. The molecule has 0 bridgehead atoms. The zero-order valence-corrected chi connectivity index (χ0v) is 10.4. The van der Waals surface area contributed by atoms with Crippen LogP contribution in [0.15, 0.2) is 0 Å². The fourth-order valence-corrected chi connectivity index (χ4v) is 2.69. The molecule has 1 saturated carbocycles. The van der Waals surface area contributed by atoms with Crippen LogP contribution in [0, 0.1) is 0 Å². The third-order valence-electron chi connectivity index (χ3n) is 3.80. The lowest BCUT2D eigenvalue weighted by Gasteiger charge is -2.39. The fraction of sp³-hybridized carbons (Fsp3) is 0.833. The van der Waals surface area contributed by atoms with Gasteiger partial charge in [0.25, 0.3) is 0 Å². The van der Waals surface area contributed by atoms with Gasteiger partial charge in [0.15, 0.2) is 6.10 Å². The largest absolute Gasteiger partial charge is 0.479 e. The number of carboxylic acid groups (broad SMARTS) is 1. The molecule has 1 aliphatic heterocycles. The Morgan fingerprint density at radius 2 is 1.94 bits per heavy atom. The van der Waals surface area contributed by atoms with E-state index >= 15 is 0 Å². The van der Waals surface area contributed by atoms with Gasteiger partial charge in [-0.05, 0) is 12.8 Å². The summed E-state index contributed by atoms with van der Waals surface area (Å²) in [6.07, 6.45) is 3.52. The maximum absolute atomic E-state index is 12.4. The molecule has 1 aliphatic carbocycles. The first-order chi connectivity index (χ1) is 8.53. The second kappa shape index (κ2) is 5.24. The molecule has 102 valence electrons. The van der Waals surface area contributed by atoms with Gasteiger partial charge in [0.1, 0.15) is 0 Å².